The van der Waals surface area contributed by atoms with Gasteiger partial charge in [-0.2, -0.15) is 11.8 Å². The third-order valence-electron chi connectivity index (χ3n) is 2.65. The van der Waals surface area contributed by atoms with Crippen LogP contribution in [0, 0.1) is 0 Å². The van der Waals surface area contributed by atoms with Gasteiger partial charge in [0.2, 0.25) is 0 Å². The van der Waals surface area contributed by atoms with Crippen molar-refractivity contribution in [2.24, 2.45) is 0 Å². The van der Waals surface area contributed by atoms with E-state index in [4.69, 9.17) is 11.6 Å². The Hall–Kier alpha value is -0.520. The number of hydrogen-bond acceptors (Lipinski definition) is 4. The molecule has 0 amide bonds. The van der Waals surface area contributed by atoms with Crippen LogP contribution in [-0.2, 0) is 18.1 Å². The lowest BCUT2D eigenvalue weighted by molar-refractivity contribution is 1.03. The molecule has 3 nitrogen and oxygen atoms in total. The molecule has 0 aromatic carbocycles. The number of alkyl halides is 1. The van der Waals surface area contributed by atoms with E-state index in [1.54, 1.807) is 11.3 Å². The number of rotatable bonds is 1. The Balaban J connectivity index is 2.34. The fraction of sp³-hybridized carbons (Fsp3) is 0.400. The molecule has 0 atom stereocenters. The first-order valence-corrected chi connectivity index (χ1v) is 7.47. The number of halogens is 1. The van der Waals surface area contributed by atoms with Gasteiger partial charge in [-0.3, -0.25) is 4.79 Å². The highest BCUT2D eigenvalue weighted by molar-refractivity contribution is 7.98. The van der Waals surface area contributed by atoms with Gasteiger partial charge in [0, 0.05) is 10.6 Å². The molecule has 1 N–H and O–H groups in total. The quantitative estimate of drug-likeness (QED) is 0.812. The van der Waals surface area contributed by atoms with Gasteiger partial charge in [0.05, 0.1) is 11.3 Å². The highest BCUT2D eigenvalue weighted by Gasteiger charge is 2.19. The van der Waals surface area contributed by atoms with Crippen molar-refractivity contribution >= 4 is 44.9 Å². The first kappa shape index (κ1) is 10.6. The predicted octanol–water partition coefficient (Wildman–Crippen LogP) is 2.51. The zero-order valence-corrected chi connectivity index (χ0v) is 10.8. The molecule has 2 aromatic rings. The molecule has 1 aliphatic rings. The molecule has 3 rings (SSSR count). The number of aryl methyl sites for hydroxylation is 1. The Labute approximate surface area is 105 Å². The van der Waals surface area contributed by atoms with E-state index < -0.39 is 0 Å². The Morgan fingerprint density at radius 1 is 1.50 bits per heavy atom. The van der Waals surface area contributed by atoms with E-state index in [1.165, 1.54) is 10.4 Å². The summed E-state index contributed by atoms with van der Waals surface area (Å²) in [5, 5.41) is 0.786. The van der Waals surface area contributed by atoms with Gasteiger partial charge in [-0.25, -0.2) is 4.98 Å². The van der Waals surface area contributed by atoms with E-state index in [1.807, 2.05) is 11.8 Å². The normalized spacial score (nSPS) is 15.3. The van der Waals surface area contributed by atoms with E-state index >= 15 is 0 Å². The van der Waals surface area contributed by atoms with E-state index in [-0.39, 0.29) is 11.4 Å². The van der Waals surface area contributed by atoms with Crippen LogP contribution in [0.2, 0.25) is 0 Å². The maximum Gasteiger partial charge on any atom is 0.259 e. The summed E-state index contributed by atoms with van der Waals surface area (Å²) in [4.78, 5) is 21.2. The summed E-state index contributed by atoms with van der Waals surface area (Å²) >= 11 is 9.24. The van der Waals surface area contributed by atoms with Gasteiger partial charge in [-0.05, 0) is 17.7 Å². The van der Waals surface area contributed by atoms with Crippen molar-refractivity contribution in [3.8, 4) is 0 Å². The van der Waals surface area contributed by atoms with Crippen molar-refractivity contribution in [3.05, 3.63) is 26.6 Å². The van der Waals surface area contributed by atoms with E-state index in [0.29, 0.717) is 5.82 Å². The molecule has 84 valence electrons. The van der Waals surface area contributed by atoms with Crippen LogP contribution in [0.5, 0.6) is 0 Å². The van der Waals surface area contributed by atoms with Crippen molar-refractivity contribution in [2.75, 3.05) is 5.75 Å². The van der Waals surface area contributed by atoms with Crippen molar-refractivity contribution in [1.29, 1.82) is 0 Å². The molecule has 0 bridgehead atoms. The zero-order valence-electron chi connectivity index (χ0n) is 8.38. The lowest BCUT2D eigenvalue weighted by atomic mass is 10.1. The molecular formula is C10H9ClN2OS2. The SMILES string of the molecule is O=c1[nH]c(CCl)nc2sc3c(c12)CCSC3. The van der Waals surface area contributed by atoms with Crippen LogP contribution in [0.3, 0.4) is 0 Å². The minimum absolute atomic E-state index is 0.0370. The van der Waals surface area contributed by atoms with E-state index in [2.05, 4.69) is 9.97 Å². The zero-order chi connectivity index (χ0) is 11.1. The van der Waals surface area contributed by atoms with Crippen molar-refractivity contribution < 1.29 is 0 Å². The third kappa shape index (κ3) is 1.58. The average Bonchev–Trinajstić information content (AvgIpc) is 2.67. The summed E-state index contributed by atoms with van der Waals surface area (Å²) in [6.45, 7) is 0. The molecule has 0 spiro atoms. The summed E-state index contributed by atoms with van der Waals surface area (Å²) in [5.74, 6) is 2.91. The smallest absolute Gasteiger partial charge is 0.259 e. The maximum atomic E-state index is 11.9. The first-order chi connectivity index (χ1) is 7.79. The van der Waals surface area contributed by atoms with Gasteiger partial charge >= 0.3 is 0 Å². The van der Waals surface area contributed by atoms with E-state index in [9.17, 15) is 4.79 Å². The van der Waals surface area contributed by atoms with Crippen LogP contribution in [0.25, 0.3) is 10.2 Å². The number of aromatic amines is 1. The fourth-order valence-corrected chi connectivity index (χ4v) is 4.44. The van der Waals surface area contributed by atoms with Gasteiger partial charge in [-0.15, -0.1) is 22.9 Å². The topological polar surface area (TPSA) is 45.8 Å². The van der Waals surface area contributed by atoms with E-state index in [0.717, 1.165) is 28.1 Å². The molecule has 0 saturated carbocycles. The van der Waals surface area contributed by atoms with Crippen LogP contribution in [0.1, 0.15) is 16.3 Å². The number of nitrogens with one attached hydrogen (secondary N) is 1. The standard InChI is InChI=1S/C10H9ClN2OS2/c11-3-7-12-9(14)8-5-1-2-15-4-6(5)16-10(8)13-7/h1-4H2,(H,12,13,14). The Kier molecular flexibility index (Phi) is 2.69. The molecule has 6 heteroatoms. The first-order valence-electron chi connectivity index (χ1n) is 4.96. The number of H-pyrrole nitrogens is 1. The molecule has 3 heterocycles. The van der Waals surface area contributed by atoms with Gasteiger partial charge < -0.3 is 4.98 Å². The summed E-state index contributed by atoms with van der Waals surface area (Å²) in [5.41, 5.74) is 1.17. The maximum absolute atomic E-state index is 11.9. The van der Waals surface area contributed by atoms with Crippen LogP contribution in [0.4, 0.5) is 0 Å². The van der Waals surface area contributed by atoms with Crippen molar-refractivity contribution in [2.45, 2.75) is 18.1 Å². The van der Waals surface area contributed by atoms with Crippen LogP contribution in [-0.4, -0.2) is 15.7 Å². The lowest BCUT2D eigenvalue weighted by Crippen LogP contribution is -2.12. The molecule has 0 unspecified atom stereocenters. The third-order valence-corrected chi connectivity index (χ3v) is 5.20. The number of nitrogens with zero attached hydrogens (tertiary/aromatic N) is 1. The summed E-state index contributed by atoms with van der Waals surface area (Å²) in [6, 6.07) is 0. The van der Waals surface area contributed by atoms with Crippen LogP contribution >= 0.6 is 34.7 Å². The minimum Gasteiger partial charge on any atom is -0.309 e. The van der Waals surface area contributed by atoms with Gasteiger partial charge in [0.1, 0.15) is 10.7 Å². The summed E-state index contributed by atoms with van der Waals surface area (Å²) in [6.07, 6.45) is 0.977. The molecule has 1 aliphatic heterocycles. The molecule has 0 aliphatic carbocycles. The van der Waals surface area contributed by atoms with Gasteiger partial charge in [0.25, 0.3) is 5.56 Å². The Morgan fingerprint density at radius 3 is 3.19 bits per heavy atom. The average molecular weight is 273 g/mol. The second kappa shape index (κ2) is 4.05. The highest BCUT2D eigenvalue weighted by atomic mass is 35.5. The van der Waals surface area contributed by atoms with Crippen LogP contribution in [0.15, 0.2) is 4.79 Å². The molecule has 0 saturated heterocycles. The predicted molar refractivity (Wildman–Crippen MR) is 69.7 cm³/mol. The second-order valence-electron chi connectivity index (χ2n) is 3.63. The summed E-state index contributed by atoms with van der Waals surface area (Å²) in [7, 11) is 0. The minimum atomic E-state index is -0.0370. The molecule has 0 radical (unpaired) electrons. The van der Waals surface area contributed by atoms with Crippen LogP contribution < -0.4 is 5.56 Å². The fourth-order valence-electron chi connectivity index (χ4n) is 1.94. The van der Waals surface area contributed by atoms with Crippen molar-refractivity contribution in [1.82, 2.24) is 9.97 Å². The molecule has 0 fully saturated rings. The van der Waals surface area contributed by atoms with Gasteiger partial charge in [-0.1, -0.05) is 0 Å². The molecule has 16 heavy (non-hydrogen) atoms. The molecule has 2 aromatic heterocycles. The Bertz CT molecular complexity index is 605. The number of hydrogen-bond donors (Lipinski definition) is 1. The second-order valence-corrected chi connectivity index (χ2v) is 6.09. The number of thioether (sulfide) groups is 1. The number of fused-ring (bicyclic) bond motifs is 3. The number of aromatic nitrogens is 2. The Morgan fingerprint density at radius 2 is 2.38 bits per heavy atom. The molecular weight excluding hydrogens is 264 g/mol. The summed E-state index contributed by atoms with van der Waals surface area (Å²) < 4.78 is 0. The highest BCUT2D eigenvalue weighted by Crippen LogP contribution is 2.35. The van der Waals surface area contributed by atoms with Gasteiger partial charge in [0.15, 0.2) is 0 Å². The lowest BCUT2D eigenvalue weighted by Gasteiger charge is -2.09. The van der Waals surface area contributed by atoms with Crippen molar-refractivity contribution in [3.63, 3.8) is 0 Å². The largest absolute Gasteiger partial charge is 0.309 e. The monoisotopic (exact) mass is 272 g/mol. The number of thiophene rings is 1.